The minimum Gasteiger partial charge on any atom is -0.338 e. The molecule has 0 aliphatic heterocycles. The largest absolute Gasteiger partial charge is 0.338 e. The van der Waals surface area contributed by atoms with Crippen molar-refractivity contribution >= 4 is 28.4 Å². The lowest BCUT2D eigenvalue weighted by Gasteiger charge is -2.17. The van der Waals surface area contributed by atoms with Gasteiger partial charge in [-0.3, -0.25) is 4.98 Å². The van der Waals surface area contributed by atoms with Crippen molar-refractivity contribution < 1.29 is 4.79 Å². The summed E-state index contributed by atoms with van der Waals surface area (Å²) < 4.78 is 0. The van der Waals surface area contributed by atoms with Crippen molar-refractivity contribution in [3.8, 4) is 0 Å². The smallest absolute Gasteiger partial charge is 0.317 e. The SMILES string of the molecule is CC(C)c1csc(CCNC(=O)N(C)Cc2cnc3ccccc3n2)n1. The highest BCUT2D eigenvalue weighted by atomic mass is 32.1. The maximum atomic E-state index is 12.3. The second-order valence-electron chi connectivity index (χ2n) is 6.51. The third-order valence-corrected chi connectivity index (χ3v) is 4.95. The third kappa shape index (κ3) is 4.54. The van der Waals surface area contributed by atoms with Crippen molar-refractivity contribution in [1.82, 2.24) is 25.2 Å². The van der Waals surface area contributed by atoms with Crippen molar-refractivity contribution in [2.75, 3.05) is 13.6 Å². The van der Waals surface area contributed by atoms with Crippen LogP contribution in [0.1, 0.15) is 36.2 Å². The fraction of sp³-hybridized carbons (Fsp3) is 0.368. The van der Waals surface area contributed by atoms with Gasteiger partial charge in [-0.2, -0.15) is 0 Å². The number of fused-ring (bicyclic) bond motifs is 1. The maximum absolute atomic E-state index is 12.3. The van der Waals surface area contributed by atoms with E-state index >= 15 is 0 Å². The molecule has 136 valence electrons. The van der Waals surface area contributed by atoms with Gasteiger partial charge in [-0.05, 0) is 18.1 Å². The standard InChI is InChI=1S/C19H23N5OS/c1-13(2)17-12-26-18(23-17)8-9-20-19(25)24(3)11-14-10-21-15-6-4-5-7-16(15)22-14/h4-7,10,12-13H,8-9,11H2,1-3H3,(H,20,25). The van der Waals surface area contributed by atoms with Crippen LogP contribution in [0, 0.1) is 0 Å². The van der Waals surface area contributed by atoms with Crippen LogP contribution in [0.5, 0.6) is 0 Å². The normalized spacial score (nSPS) is 11.1. The Kier molecular flexibility index (Phi) is 5.78. The molecule has 7 heteroatoms. The summed E-state index contributed by atoms with van der Waals surface area (Å²) >= 11 is 1.65. The predicted molar refractivity (Wildman–Crippen MR) is 104 cm³/mol. The highest BCUT2D eigenvalue weighted by molar-refractivity contribution is 7.09. The van der Waals surface area contributed by atoms with Crippen LogP contribution < -0.4 is 5.32 Å². The lowest BCUT2D eigenvalue weighted by atomic mass is 10.2. The van der Waals surface area contributed by atoms with Crippen molar-refractivity contribution in [3.63, 3.8) is 0 Å². The zero-order valence-corrected chi connectivity index (χ0v) is 16.1. The van der Waals surface area contributed by atoms with Gasteiger partial charge in [0, 0.05) is 25.4 Å². The Morgan fingerprint density at radius 3 is 2.73 bits per heavy atom. The van der Waals surface area contributed by atoms with E-state index in [1.54, 1.807) is 29.5 Å². The Labute approximate surface area is 157 Å². The van der Waals surface area contributed by atoms with Crippen LogP contribution in [-0.2, 0) is 13.0 Å². The first-order chi connectivity index (χ1) is 12.5. The van der Waals surface area contributed by atoms with Gasteiger partial charge in [0.25, 0.3) is 0 Å². The summed E-state index contributed by atoms with van der Waals surface area (Å²) in [5, 5.41) is 6.07. The molecule has 0 saturated heterocycles. The number of nitrogens with one attached hydrogen (secondary N) is 1. The Morgan fingerprint density at radius 2 is 2.00 bits per heavy atom. The van der Waals surface area contributed by atoms with E-state index in [-0.39, 0.29) is 6.03 Å². The van der Waals surface area contributed by atoms with Crippen LogP contribution in [-0.4, -0.2) is 39.5 Å². The zero-order valence-electron chi connectivity index (χ0n) is 15.3. The summed E-state index contributed by atoms with van der Waals surface area (Å²) in [5.74, 6) is 0.434. The Morgan fingerprint density at radius 1 is 1.23 bits per heavy atom. The zero-order chi connectivity index (χ0) is 18.5. The molecular weight excluding hydrogens is 346 g/mol. The second kappa shape index (κ2) is 8.23. The van der Waals surface area contributed by atoms with E-state index in [9.17, 15) is 4.79 Å². The fourth-order valence-electron chi connectivity index (χ4n) is 2.50. The van der Waals surface area contributed by atoms with Crippen LogP contribution >= 0.6 is 11.3 Å². The molecule has 3 aromatic rings. The summed E-state index contributed by atoms with van der Waals surface area (Å²) in [6, 6.07) is 7.58. The molecule has 0 unspecified atom stereocenters. The van der Waals surface area contributed by atoms with Crippen molar-refractivity contribution in [1.29, 1.82) is 0 Å². The van der Waals surface area contributed by atoms with Gasteiger partial charge in [-0.15, -0.1) is 11.3 Å². The van der Waals surface area contributed by atoms with E-state index in [0.29, 0.717) is 19.0 Å². The Bertz CT molecular complexity index is 892. The molecule has 6 nitrogen and oxygen atoms in total. The first-order valence-electron chi connectivity index (χ1n) is 8.67. The third-order valence-electron chi connectivity index (χ3n) is 4.02. The molecule has 2 heterocycles. The molecule has 0 atom stereocenters. The quantitative estimate of drug-likeness (QED) is 0.721. The fourth-order valence-corrected chi connectivity index (χ4v) is 3.46. The number of nitrogens with zero attached hydrogens (tertiary/aromatic N) is 4. The van der Waals surface area contributed by atoms with Gasteiger partial charge >= 0.3 is 6.03 Å². The van der Waals surface area contributed by atoms with E-state index in [2.05, 4.69) is 39.5 Å². The number of benzene rings is 1. The Balaban J connectivity index is 1.50. The Hall–Kier alpha value is -2.54. The number of amides is 2. The molecular formula is C19H23N5OS. The van der Waals surface area contributed by atoms with Gasteiger partial charge < -0.3 is 10.2 Å². The second-order valence-corrected chi connectivity index (χ2v) is 7.45. The summed E-state index contributed by atoms with van der Waals surface area (Å²) in [7, 11) is 1.76. The number of para-hydroxylation sites is 2. The van der Waals surface area contributed by atoms with Crippen LogP contribution in [0.2, 0.25) is 0 Å². The average Bonchev–Trinajstić information content (AvgIpc) is 3.10. The van der Waals surface area contributed by atoms with E-state index in [4.69, 9.17) is 0 Å². The molecule has 1 aromatic carbocycles. The van der Waals surface area contributed by atoms with Gasteiger partial charge in [-0.25, -0.2) is 14.8 Å². The molecule has 0 aliphatic carbocycles. The summed E-state index contributed by atoms with van der Waals surface area (Å²) in [4.78, 5) is 27.4. The minimum atomic E-state index is -0.124. The van der Waals surface area contributed by atoms with Crippen molar-refractivity contribution in [3.05, 3.63) is 52.2 Å². The van der Waals surface area contributed by atoms with Crippen LogP contribution in [0.3, 0.4) is 0 Å². The molecule has 1 N–H and O–H groups in total. The van der Waals surface area contributed by atoms with Gasteiger partial charge in [0.05, 0.1) is 40.2 Å². The topological polar surface area (TPSA) is 71.0 Å². The highest BCUT2D eigenvalue weighted by Crippen LogP contribution is 2.17. The van der Waals surface area contributed by atoms with E-state index in [0.717, 1.165) is 33.8 Å². The highest BCUT2D eigenvalue weighted by Gasteiger charge is 2.11. The van der Waals surface area contributed by atoms with Gasteiger partial charge in [0.15, 0.2) is 0 Å². The molecule has 0 saturated carbocycles. The monoisotopic (exact) mass is 369 g/mol. The number of urea groups is 1. The van der Waals surface area contributed by atoms with E-state index in [1.807, 2.05) is 24.3 Å². The summed E-state index contributed by atoms with van der Waals surface area (Å²) in [5.41, 5.74) is 3.57. The molecule has 2 amide bonds. The lowest BCUT2D eigenvalue weighted by molar-refractivity contribution is 0.206. The van der Waals surface area contributed by atoms with Crippen LogP contribution in [0.25, 0.3) is 11.0 Å². The number of hydrogen-bond acceptors (Lipinski definition) is 5. The molecule has 0 bridgehead atoms. The average molecular weight is 369 g/mol. The first-order valence-corrected chi connectivity index (χ1v) is 9.55. The molecule has 0 fully saturated rings. The number of rotatable bonds is 6. The number of thiazole rings is 1. The van der Waals surface area contributed by atoms with Gasteiger partial charge in [0.2, 0.25) is 0 Å². The summed E-state index contributed by atoms with van der Waals surface area (Å²) in [6.45, 7) is 5.24. The first kappa shape index (κ1) is 18.3. The number of hydrogen-bond donors (Lipinski definition) is 1. The molecule has 3 rings (SSSR count). The lowest BCUT2D eigenvalue weighted by Crippen LogP contribution is -2.38. The predicted octanol–water partition coefficient (Wildman–Crippen LogP) is 3.59. The van der Waals surface area contributed by atoms with Gasteiger partial charge in [0.1, 0.15) is 0 Å². The summed E-state index contributed by atoms with van der Waals surface area (Å²) in [6.07, 6.45) is 2.46. The number of carbonyl (C=O) groups is 1. The van der Waals surface area contributed by atoms with Crippen LogP contribution in [0.15, 0.2) is 35.8 Å². The van der Waals surface area contributed by atoms with Crippen LogP contribution in [0.4, 0.5) is 4.79 Å². The molecule has 26 heavy (non-hydrogen) atoms. The molecule has 0 spiro atoms. The molecule has 0 radical (unpaired) electrons. The number of carbonyl (C=O) groups excluding carboxylic acids is 1. The van der Waals surface area contributed by atoms with Crippen molar-refractivity contribution in [2.24, 2.45) is 0 Å². The van der Waals surface area contributed by atoms with E-state index < -0.39 is 0 Å². The minimum absolute atomic E-state index is 0.124. The number of aromatic nitrogens is 3. The van der Waals surface area contributed by atoms with Gasteiger partial charge in [-0.1, -0.05) is 26.0 Å². The molecule has 2 aromatic heterocycles. The van der Waals surface area contributed by atoms with Crippen molar-refractivity contribution in [2.45, 2.75) is 32.7 Å². The van der Waals surface area contributed by atoms with E-state index in [1.165, 1.54) is 0 Å². The molecule has 0 aliphatic rings. The maximum Gasteiger partial charge on any atom is 0.317 e.